The fourth-order valence-electron chi connectivity index (χ4n) is 0.227. The first-order valence-corrected chi connectivity index (χ1v) is 2.11. The van der Waals surface area contributed by atoms with Crippen molar-refractivity contribution in [2.24, 2.45) is 4.99 Å². The summed E-state index contributed by atoms with van der Waals surface area (Å²) in [5.41, 5.74) is 2.36. The van der Waals surface area contributed by atoms with Crippen LogP contribution in [0.1, 0.15) is 0 Å². The van der Waals surface area contributed by atoms with Crippen LogP contribution in [-0.2, 0) is 0 Å². The maximum Gasteiger partial charge on any atom is 0.354 e. The third-order valence-corrected chi connectivity index (χ3v) is 0.463. The second-order valence-corrected chi connectivity index (χ2v) is 1.47. The second kappa shape index (κ2) is 3.15. The molecule has 0 aliphatic rings. The third-order valence-electron chi connectivity index (χ3n) is 0.463. The molecule has 0 radical (unpaired) electrons. The topological polar surface area (TPSA) is 44.7 Å². The van der Waals surface area contributed by atoms with Gasteiger partial charge < -0.3 is 0 Å². The maximum absolute atomic E-state index is 10.2. The van der Waals surface area contributed by atoms with Crippen LogP contribution < -0.4 is 5.43 Å². The number of hydrogen-bond acceptors (Lipinski definition) is 2. The number of carbonyl (C=O) groups is 1. The van der Waals surface area contributed by atoms with Crippen LogP contribution in [0.3, 0.4) is 0 Å². The van der Waals surface area contributed by atoms with Crippen LogP contribution in [0.25, 0.3) is 0 Å². The Morgan fingerprint density at radius 3 is 2.38 bits per heavy atom. The molecule has 0 fully saturated rings. The van der Waals surface area contributed by atoms with E-state index in [-0.39, 0.29) is 0 Å². The molecule has 0 heterocycles. The highest BCUT2D eigenvalue weighted by molar-refractivity contribution is 5.78. The molecule has 0 aromatic carbocycles. The number of aliphatic imine (C=N–C) groups is 1. The molecule has 0 rings (SSSR count). The van der Waals surface area contributed by atoms with Gasteiger partial charge in [-0.25, -0.2) is 14.8 Å². The standard InChI is InChI=1S/C4H9N3O/c1-5-4(8)6-7(2)3/h1H2,2-3H3,(H,6,8). The molecule has 0 unspecified atom stereocenters. The summed E-state index contributed by atoms with van der Waals surface area (Å²) in [5.74, 6) is 0. The molecule has 4 nitrogen and oxygen atoms in total. The maximum atomic E-state index is 10.2. The van der Waals surface area contributed by atoms with Gasteiger partial charge in [-0.3, -0.25) is 5.43 Å². The number of rotatable bonds is 1. The molecule has 0 aromatic rings. The Morgan fingerprint density at radius 1 is 1.75 bits per heavy atom. The van der Waals surface area contributed by atoms with Crippen molar-refractivity contribution in [2.75, 3.05) is 14.1 Å². The van der Waals surface area contributed by atoms with E-state index in [9.17, 15) is 4.79 Å². The quantitative estimate of drug-likeness (QED) is 0.382. The fourth-order valence-corrected chi connectivity index (χ4v) is 0.227. The van der Waals surface area contributed by atoms with Crippen molar-refractivity contribution in [1.29, 1.82) is 0 Å². The van der Waals surface area contributed by atoms with Crippen molar-refractivity contribution in [3.63, 3.8) is 0 Å². The van der Waals surface area contributed by atoms with Gasteiger partial charge in [-0.1, -0.05) is 0 Å². The van der Waals surface area contributed by atoms with E-state index in [1.165, 1.54) is 5.01 Å². The minimum atomic E-state index is -0.435. The van der Waals surface area contributed by atoms with Gasteiger partial charge in [0, 0.05) is 14.1 Å². The summed E-state index contributed by atoms with van der Waals surface area (Å²) in [5, 5.41) is 1.50. The van der Waals surface area contributed by atoms with Gasteiger partial charge in [0.05, 0.1) is 0 Å². The zero-order chi connectivity index (χ0) is 6.57. The van der Waals surface area contributed by atoms with Crippen LogP contribution in [0.4, 0.5) is 4.79 Å². The summed E-state index contributed by atoms with van der Waals surface area (Å²) in [4.78, 5) is 13.3. The lowest BCUT2D eigenvalue weighted by Crippen LogP contribution is -2.33. The average molecular weight is 115 g/mol. The number of nitrogens with zero attached hydrogens (tertiary/aromatic N) is 2. The van der Waals surface area contributed by atoms with E-state index < -0.39 is 6.03 Å². The number of urea groups is 1. The normalized spacial score (nSPS) is 8.88. The molecule has 46 valence electrons. The highest BCUT2D eigenvalue weighted by Gasteiger charge is 1.92. The molecule has 8 heavy (non-hydrogen) atoms. The zero-order valence-electron chi connectivity index (χ0n) is 5.01. The monoisotopic (exact) mass is 115 g/mol. The summed E-state index contributed by atoms with van der Waals surface area (Å²) in [7, 11) is 3.40. The molecule has 0 aliphatic carbocycles. The Bertz CT molecular complexity index is 99.5. The Balaban J connectivity index is 3.39. The third kappa shape index (κ3) is 3.30. The van der Waals surface area contributed by atoms with E-state index in [4.69, 9.17) is 0 Å². The lowest BCUT2D eigenvalue weighted by atomic mass is 11.0. The molecular formula is C4H9N3O. The van der Waals surface area contributed by atoms with Gasteiger partial charge in [0.25, 0.3) is 0 Å². The highest BCUT2D eigenvalue weighted by atomic mass is 16.2. The van der Waals surface area contributed by atoms with Gasteiger partial charge in [-0.2, -0.15) is 0 Å². The lowest BCUT2D eigenvalue weighted by molar-refractivity contribution is 0.221. The Labute approximate surface area is 48.2 Å². The van der Waals surface area contributed by atoms with Crippen molar-refractivity contribution >= 4 is 12.7 Å². The minimum absolute atomic E-state index is 0.435. The first-order chi connectivity index (χ1) is 3.66. The largest absolute Gasteiger partial charge is 0.354 e. The minimum Gasteiger partial charge on any atom is -0.269 e. The molecule has 0 spiro atoms. The molecule has 0 aromatic heterocycles. The van der Waals surface area contributed by atoms with E-state index in [1.54, 1.807) is 14.1 Å². The first-order valence-electron chi connectivity index (χ1n) is 2.11. The SMILES string of the molecule is C=NC(=O)NN(C)C. The number of amides is 2. The molecule has 0 atom stereocenters. The van der Waals surface area contributed by atoms with Gasteiger partial charge in [0.15, 0.2) is 0 Å². The van der Waals surface area contributed by atoms with Crippen molar-refractivity contribution in [2.45, 2.75) is 0 Å². The van der Waals surface area contributed by atoms with Crippen LogP contribution in [0.2, 0.25) is 0 Å². The van der Waals surface area contributed by atoms with E-state index in [2.05, 4.69) is 17.1 Å². The van der Waals surface area contributed by atoms with Gasteiger partial charge in [-0.05, 0) is 6.72 Å². The lowest BCUT2D eigenvalue weighted by Gasteiger charge is -2.07. The smallest absolute Gasteiger partial charge is 0.269 e. The van der Waals surface area contributed by atoms with Crippen LogP contribution in [0.5, 0.6) is 0 Å². The van der Waals surface area contributed by atoms with Crippen molar-refractivity contribution < 1.29 is 4.79 Å². The van der Waals surface area contributed by atoms with Crippen LogP contribution in [-0.4, -0.2) is 31.9 Å². The van der Waals surface area contributed by atoms with E-state index >= 15 is 0 Å². The van der Waals surface area contributed by atoms with E-state index in [1.807, 2.05) is 0 Å². The molecule has 4 heteroatoms. The van der Waals surface area contributed by atoms with Crippen LogP contribution in [0, 0.1) is 0 Å². The summed E-state index contributed by atoms with van der Waals surface area (Å²) in [6.45, 7) is 3.02. The summed E-state index contributed by atoms with van der Waals surface area (Å²) >= 11 is 0. The molecule has 1 N–H and O–H groups in total. The van der Waals surface area contributed by atoms with Crippen molar-refractivity contribution in [1.82, 2.24) is 10.4 Å². The van der Waals surface area contributed by atoms with Gasteiger partial charge in [0.2, 0.25) is 0 Å². The number of carbonyl (C=O) groups excluding carboxylic acids is 1. The van der Waals surface area contributed by atoms with E-state index in [0.29, 0.717) is 0 Å². The number of nitrogens with one attached hydrogen (secondary N) is 1. The van der Waals surface area contributed by atoms with Gasteiger partial charge in [-0.15, -0.1) is 0 Å². The van der Waals surface area contributed by atoms with Crippen LogP contribution in [0.15, 0.2) is 4.99 Å². The highest BCUT2D eigenvalue weighted by Crippen LogP contribution is 1.69. The fraction of sp³-hybridized carbons (Fsp3) is 0.500. The van der Waals surface area contributed by atoms with Crippen molar-refractivity contribution in [3.8, 4) is 0 Å². The Morgan fingerprint density at radius 2 is 2.25 bits per heavy atom. The molecule has 2 amide bonds. The van der Waals surface area contributed by atoms with Gasteiger partial charge >= 0.3 is 6.03 Å². The molecule has 0 bridgehead atoms. The summed E-state index contributed by atoms with van der Waals surface area (Å²) in [6.07, 6.45) is 0. The number of hydrogen-bond donors (Lipinski definition) is 1. The van der Waals surface area contributed by atoms with Gasteiger partial charge in [0.1, 0.15) is 0 Å². The van der Waals surface area contributed by atoms with Crippen LogP contribution >= 0.6 is 0 Å². The second-order valence-electron chi connectivity index (χ2n) is 1.47. The zero-order valence-corrected chi connectivity index (χ0v) is 5.01. The summed E-state index contributed by atoms with van der Waals surface area (Å²) in [6, 6.07) is -0.435. The predicted molar refractivity (Wildman–Crippen MR) is 31.8 cm³/mol. The van der Waals surface area contributed by atoms with E-state index in [0.717, 1.165) is 0 Å². The van der Waals surface area contributed by atoms with Crippen molar-refractivity contribution in [3.05, 3.63) is 0 Å². The first kappa shape index (κ1) is 7.10. The summed E-state index contributed by atoms with van der Waals surface area (Å²) < 4.78 is 0. The molecule has 0 aliphatic heterocycles. The number of hydrazine groups is 1. The molecular weight excluding hydrogens is 106 g/mol. The molecule has 0 saturated heterocycles. The molecule has 0 saturated carbocycles. The Hall–Kier alpha value is -0.900. The Kier molecular flexibility index (Phi) is 2.79. The predicted octanol–water partition coefficient (Wildman–Crippen LogP) is -0.127. The average Bonchev–Trinajstić information content (AvgIpc) is 1.65.